The van der Waals surface area contributed by atoms with Crippen LogP contribution >= 0.6 is 23.2 Å². The van der Waals surface area contributed by atoms with E-state index in [2.05, 4.69) is 5.32 Å². The van der Waals surface area contributed by atoms with E-state index >= 15 is 0 Å². The van der Waals surface area contributed by atoms with E-state index in [9.17, 15) is 13.2 Å². The van der Waals surface area contributed by atoms with Gasteiger partial charge in [-0.3, -0.25) is 4.79 Å². The number of alkyl halides is 2. The molecule has 0 radical (unpaired) electrons. The average Bonchev–Trinajstić information content (AvgIpc) is 2.67. The van der Waals surface area contributed by atoms with Crippen LogP contribution in [0.1, 0.15) is 19.8 Å². The third-order valence-corrected chi connectivity index (χ3v) is 5.97. The fourth-order valence-corrected chi connectivity index (χ4v) is 4.28. The molecule has 0 aromatic heterocycles. The summed E-state index contributed by atoms with van der Waals surface area (Å²) in [6.07, 6.45) is 1.00. The van der Waals surface area contributed by atoms with Gasteiger partial charge in [-0.05, 0) is 12.8 Å². The van der Waals surface area contributed by atoms with Crippen LogP contribution in [0.5, 0.6) is 0 Å². The minimum absolute atomic E-state index is 0.0663. The van der Waals surface area contributed by atoms with Crippen molar-refractivity contribution in [3.8, 4) is 0 Å². The number of rotatable bonds is 5. The van der Waals surface area contributed by atoms with Crippen molar-refractivity contribution in [1.82, 2.24) is 5.32 Å². The van der Waals surface area contributed by atoms with E-state index in [-0.39, 0.29) is 29.2 Å². The summed E-state index contributed by atoms with van der Waals surface area (Å²) in [6.45, 7) is 1.89. The summed E-state index contributed by atoms with van der Waals surface area (Å²) >= 11 is 11.6. The lowest BCUT2D eigenvalue weighted by Crippen LogP contribution is -2.53. The fraction of sp³-hybridized carbons (Fsp3) is 0.900. The van der Waals surface area contributed by atoms with Crippen molar-refractivity contribution in [3.05, 3.63) is 0 Å². The molecule has 1 amide bonds. The predicted molar refractivity (Wildman–Crippen MR) is 69.4 cm³/mol. The highest BCUT2D eigenvalue weighted by Crippen LogP contribution is 2.21. The molecule has 1 unspecified atom stereocenters. The zero-order valence-corrected chi connectivity index (χ0v) is 12.0. The van der Waals surface area contributed by atoms with Crippen molar-refractivity contribution in [1.29, 1.82) is 0 Å². The Balaban J connectivity index is 2.66. The Bertz CT molecular complexity index is 371. The summed E-state index contributed by atoms with van der Waals surface area (Å²) in [5, 5.41) is 2.79. The molecule has 1 fully saturated rings. The number of sulfone groups is 1. The van der Waals surface area contributed by atoms with Crippen molar-refractivity contribution in [2.45, 2.75) is 25.3 Å². The second-order valence-electron chi connectivity index (χ2n) is 4.49. The second kappa shape index (κ2) is 5.76. The summed E-state index contributed by atoms with van der Waals surface area (Å²) < 4.78 is 22.6. The van der Waals surface area contributed by atoms with Gasteiger partial charge >= 0.3 is 0 Å². The Hall–Kier alpha value is -0.000000000000000111. The van der Waals surface area contributed by atoms with Crippen molar-refractivity contribution in [2.24, 2.45) is 5.92 Å². The van der Waals surface area contributed by atoms with Gasteiger partial charge in [0.25, 0.3) is 0 Å². The van der Waals surface area contributed by atoms with Crippen LogP contribution in [0.4, 0.5) is 0 Å². The number of carbonyl (C=O) groups excluding carboxylic acids is 1. The van der Waals surface area contributed by atoms with Gasteiger partial charge in [-0.25, -0.2) is 8.42 Å². The number of hydrogen-bond acceptors (Lipinski definition) is 3. The van der Waals surface area contributed by atoms with E-state index in [1.54, 1.807) is 0 Å². The zero-order chi connectivity index (χ0) is 13.1. The van der Waals surface area contributed by atoms with Crippen molar-refractivity contribution >= 4 is 38.9 Å². The highest BCUT2D eigenvalue weighted by Gasteiger charge is 2.36. The molecular weight excluding hydrogens is 285 g/mol. The Morgan fingerprint density at radius 1 is 1.41 bits per heavy atom. The maximum atomic E-state index is 11.9. The van der Waals surface area contributed by atoms with Crippen LogP contribution in [-0.4, -0.2) is 43.1 Å². The Labute approximate surface area is 112 Å². The molecule has 4 nitrogen and oxygen atoms in total. The van der Waals surface area contributed by atoms with Gasteiger partial charge in [0.1, 0.15) is 0 Å². The molecule has 1 atom stereocenters. The van der Waals surface area contributed by atoms with Crippen LogP contribution < -0.4 is 5.32 Å². The first-order chi connectivity index (χ1) is 7.88. The van der Waals surface area contributed by atoms with Crippen LogP contribution in [0.2, 0.25) is 0 Å². The predicted octanol–water partition coefficient (Wildman–Crippen LogP) is 1.16. The first-order valence-corrected chi connectivity index (χ1v) is 8.41. The maximum Gasteiger partial charge on any atom is 0.224 e. The molecule has 0 aromatic rings. The van der Waals surface area contributed by atoms with Gasteiger partial charge in [-0.15, -0.1) is 23.2 Å². The molecule has 1 saturated heterocycles. The molecule has 1 N–H and O–H groups in total. The van der Waals surface area contributed by atoms with Gasteiger partial charge in [0.05, 0.1) is 23.0 Å². The van der Waals surface area contributed by atoms with Crippen molar-refractivity contribution in [2.75, 3.05) is 23.3 Å². The lowest BCUT2D eigenvalue weighted by Gasteiger charge is -2.30. The molecule has 1 rings (SSSR count). The van der Waals surface area contributed by atoms with Gasteiger partial charge in [0.15, 0.2) is 9.84 Å². The summed E-state index contributed by atoms with van der Waals surface area (Å²) in [5.74, 6) is -0.252. The van der Waals surface area contributed by atoms with Crippen molar-refractivity contribution < 1.29 is 13.2 Å². The largest absolute Gasteiger partial charge is 0.348 e. The molecule has 0 bridgehead atoms. The molecule has 7 heteroatoms. The second-order valence-corrected chi connectivity index (χ2v) is 7.25. The molecule has 100 valence electrons. The summed E-state index contributed by atoms with van der Waals surface area (Å²) in [5.41, 5.74) is -0.632. The molecule has 0 aromatic carbocycles. The van der Waals surface area contributed by atoms with Crippen LogP contribution in [0.3, 0.4) is 0 Å². The monoisotopic (exact) mass is 301 g/mol. The summed E-state index contributed by atoms with van der Waals surface area (Å²) in [7, 11) is -3.04. The van der Waals surface area contributed by atoms with Gasteiger partial charge in [-0.1, -0.05) is 6.92 Å². The Morgan fingerprint density at radius 3 is 2.35 bits per heavy atom. The standard InChI is InChI=1S/C10H17Cl2NO3S/c1-2-10(6-11,7-12)13-9(14)8-3-4-17(15,16)5-8/h8H,2-7H2,1H3,(H,13,14). The Morgan fingerprint density at radius 2 is 2.00 bits per heavy atom. The molecular formula is C10H17Cl2NO3S. The fourth-order valence-electron chi connectivity index (χ4n) is 1.75. The smallest absolute Gasteiger partial charge is 0.224 e. The molecule has 1 heterocycles. The van der Waals surface area contributed by atoms with E-state index in [1.165, 1.54) is 0 Å². The number of hydrogen-bond donors (Lipinski definition) is 1. The number of halogens is 2. The molecule has 0 aliphatic carbocycles. The molecule has 1 aliphatic rings. The third-order valence-electron chi connectivity index (χ3n) is 3.18. The van der Waals surface area contributed by atoms with Crippen LogP contribution in [0, 0.1) is 5.92 Å². The van der Waals surface area contributed by atoms with E-state index in [0.29, 0.717) is 12.8 Å². The lowest BCUT2D eigenvalue weighted by atomic mass is 9.99. The first-order valence-electron chi connectivity index (χ1n) is 5.52. The average molecular weight is 302 g/mol. The highest BCUT2D eigenvalue weighted by atomic mass is 35.5. The van der Waals surface area contributed by atoms with Gasteiger partial charge < -0.3 is 5.32 Å². The van der Waals surface area contributed by atoms with E-state index < -0.39 is 21.3 Å². The topological polar surface area (TPSA) is 63.2 Å². The molecule has 17 heavy (non-hydrogen) atoms. The zero-order valence-electron chi connectivity index (χ0n) is 9.71. The lowest BCUT2D eigenvalue weighted by molar-refractivity contribution is -0.125. The molecule has 1 aliphatic heterocycles. The van der Waals surface area contributed by atoms with Gasteiger partial charge in [0, 0.05) is 11.8 Å². The van der Waals surface area contributed by atoms with Crippen LogP contribution in [-0.2, 0) is 14.6 Å². The maximum absolute atomic E-state index is 11.9. The van der Waals surface area contributed by atoms with E-state index in [0.717, 1.165) is 0 Å². The minimum atomic E-state index is -3.04. The molecule has 0 saturated carbocycles. The quantitative estimate of drug-likeness (QED) is 0.775. The van der Waals surface area contributed by atoms with Gasteiger partial charge in [-0.2, -0.15) is 0 Å². The minimum Gasteiger partial charge on any atom is -0.348 e. The number of amides is 1. The summed E-state index contributed by atoms with van der Waals surface area (Å²) in [6, 6.07) is 0. The first kappa shape index (κ1) is 15.1. The van der Waals surface area contributed by atoms with Crippen LogP contribution in [0.25, 0.3) is 0 Å². The number of carbonyl (C=O) groups is 1. The summed E-state index contributed by atoms with van der Waals surface area (Å²) in [4.78, 5) is 11.9. The normalized spacial score (nSPS) is 23.6. The van der Waals surface area contributed by atoms with E-state index in [4.69, 9.17) is 23.2 Å². The van der Waals surface area contributed by atoms with Crippen LogP contribution in [0.15, 0.2) is 0 Å². The Kier molecular flexibility index (Phi) is 5.10. The van der Waals surface area contributed by atoms with E-state index in [1.807, 2.05) is 6.92 Å². The SMILES string of the molecule is CCC(CCl)(CCl)NC(=O)C1CCS(=O)(=O)C1. The van der Waals surface area contributed by atoms with Gasteiger partial charge in [0.2, 0.25) is 5.91 Å². The highest BCUT2D eigenvalue weighted by molar-refractivity contribution is 7.91. The third kappa shape index (κ3) is 3.73. The van der Waals surface area contributed by atoms with Crippen molar-refractivity contribution in [3.63, 3.8) is 0 Å². The number of nitrogens with one attached hydrogen (secondary N) is 1. The molecule has 0 spiro atoms.